The highest BCUT2D eigenvalue weighted by molar-refractivity contribution is 5.36. The molecule has 94 valence electrons. The van der Waals surface area contributed by atoms with E-state index in [2.05, 4.69) is 30.1 Å². The van der Waals surface area contributed by atoms with Crippen molar-refractivity contribution in [2.75, 3.05) is 13.6 Å². The Bertz CT molecular complexity index is 373. The molecule has 0 fully saturated rings. The van der Waals surface area contributed by atoms with Gasteiger partial charge < -0.3 is 10.0 Å². The summed E-state index contributed by atoms with van der Waals surface area (Å²) in [5.74, 6) is 0. The molecular formula is C15H23NO. The highest BCUT2D eigenvalue weighted by Gasteiger charge is 2.14. The van der Waals surface area contributed by atoms with Gasteiger partial charge in [0.15, 0.2) is 0 Å². The monoisotopic (exact) mass is 233 g/mol. The van der Waals surface area contributed by atoms with E-state index in [1.165, 1.54) is 36.1 Å². The number of fused-ring (bicyclic) bond motifs is 1. The zero-order valence-electron chi connectivity index (χ0n) is 10.9. The van der Waals surface area contributed by atoms with Crippen LogP contribution in [0.25, 0.3) is 0 Å². The van der Waals surface area contributed by atoms with Crippen LogP contribution >= 0.6 is 0 Å². The lowest BCUT2D eigenvalue weighted by atomic mass is 9.94. The van der Waals surface area contributed by atoms with Gasteiger partial charge in [-0.25, -0.2) is 0 Å². The summed E-state index contributed by atoms with van der Waals surface area (Å²) in [5.41, 5.74) is 4.46. The van der Waals surface area contributed by atoms with E-state index >= 15 is 0 Å². The van der Waals surface area contributed by atoms with Crippen LogP contribution in [0.1, 0.15) is 36.5 Å². The van der Waals surface area contributed by atoms with Crippen molar-refractivity contribution in [2.45, 2.75) is 45.3 Å². The maximum Gasteiger partial charge on any atom is 0.0515 e. The standard InChI is InChI=1S/C15H23NO/c1-12(17)8-9-13-5-3-6-14-11-16(2)10-4-7-15(13)14/h3,5-6,12,17H,4,7-11H2,1-2H3. The fourth-order valence-corrected chi connectivity index (χ4v) is 2.65. The molecule has 1 heterocycles. The third-order valence-corrected chi connectivity index (χ3v) is 3.61. The maximum absolute atomic E-state index is 9.41. The van der Waals surface area contributed by atoms with Gasteiger partial charge in [0, 0.05) is 6.54 Å². The van der Waals surface area contributed by atoms with Crippen LogP contribution in [0.4, 0.5) is 0 Å². The lowest BCUT2D eigenvalue weighted by molar-refractivity contribution is 0.185. The minimum absolute atomic E-state index is 0.195. The molecule has 1 aromatic rings. The van der Waals surface area contributed by atoms with Crippen LogP contribution in [-0.4, -0.2) is 29.7 Å². The third-order valence-electron chi connectivity index (χ3n) is 3.61. The fraction of sp³-hybridized carbons (Fsp3) is 0.600. The van der Waals surface area contributed by atoms with E-state index in [0.29, 0.717) is 0 Å². The maximum atomic E-state index is 9.41. The molecule has 0 aliphatic carbocycles. The van der Waals surface area contributed by atoms with Gasteiger partial charge >= 0.3 is 0 Å². The van der Waals surface area contributed by atoms with Crippen LogP contribution in [0.15, 0.2) is 18.2 Å². The molecule has 0 amide bonds. The normalized spacial score (nSPS) is 18.5. The summed E-state index contributed by atoms with van der Waals surface area (Å²) >= 11 is 0. The van der Waals surface area contributed by atoms with E-state index in [9.17, 15) is 5.11 Å². The predicted octanol–water partition coefficient (Wildman–Crippen LogP) is 2.38. The van der Waals surface area contributed by atoms with Crippen molar-refractivity contribution in [1.29, 1.82) is 0 Å². The van der Waals surface area contributed by atoms with Gasteiger partial charge in [-0.3, -0.25) is 0 Å². The zero-order chi connectivity index (χ0) is 12.3. The largest absolute Gasteiger partial charge is 0.393 e. The number of aliphatic hydroxyl groups excluding tert-OH is 1. The second kappa shape index (κ2) is 5.65. The zero-order valence-corrected chi connectivity index (χ0v) is 10.9. The van der Waals surface area contributed by atoms with Gasteiger partial charge in [0.25, 0.3) is 0 Å². The molecule has 0 saturated carbocycles. The highest BCUT2D eigenvalue weighted by Crippen LogP contribution is 2.23. The van der Waals surface area contributed by atoms with Crippen LogP contribution in [0, 0.1) is 0 Å². The second-order valence-electron chi connectivity index (χ2n) is 5.28. The van der Waals surface area contributed by atoms with Crippen LogP contribution in [-0.2, 0) is 19.4 Å². The molecule has 0 radical (unpaired) electrons. The van der Waals surface area contributed by atoms with E-state index in [1.54, 1.807) is 0 Å². The Labute approximate surface area is 104 Å². The second-order valence-corrected chi connectivity index (χ2v) is 5.28. The first-order chi connectivity index (χ1) is 8.16. The number of benzene rings is 1. The molecule has 1 aliphatic heterocycles. The molecule has 2 heteroatoms. The van der Waals surface area contributed by atoms with E-state index in [1.807, 2.05) is 6.92 Å². The first kappa shape index (κ1) is 12.6. The molecule has 17 heavy (non-hydrogen) atoms. The molecule has 1 aliphatic rings. The van der Waals surface area contributed by atoms with Crippen molar-refractivity contribution in [3.8, 4) is 0 Å². The van der Waals surface area contributed by atoms with Crippen LogP contribution in [0.2, 0.25) is 0 Å². The summed E-state index contributed by atoms with van der Waals surface area (Å²) in [6.07, 6.45) is 4.11. The summed E-state index contributed by atoms with van der Waals surface area (Å²) in [6.45, 7) is 4.12. The molecule has 0 bridgehead atoms. The summed E-state index contributed by atoms with van der Waals surface area (Å²) in [5, 5.41) is 9.41. The Kier molecular flexibility index (Phi) is 4.19. The first-order valence-corrected chi connectivity index (χ1v) is 6.63. The van der Waals surface area contributed by atoms with Crippen molar-refractivity contribution in [1.82, 2.24) is 4.90 Å². The van der Waals surface area contributed by atoms with Crippen LogP contribution in [0.3, 0.4) is 0 Å². The Balaban J connectivity index is 2.20. The minimum atomic E-state index is -0.195. The van der Waals surface area contributed by atoms with Crippen molar-refractivity contribution in [2.24, 2.45) is 0 Å². The third kappa shape index (κ3) is 3.30. The van der Waals surface area contributed by atoms with E-state index in [4.69, 9.17) is 0 Å². The Morgan fingerprint density at radius 3 is 3.00 bits per heavy atom. The molecule has 0 saturated heterocycles. The van der Waals surface area contributed by atoms with Gasteiger partial charge in [-0.1, -0.05) is 18.2 Å². The number of hydrogen-bond acceptors (Lipinski definition) is 2. The molecule has 2 nitrogen and oxygen atoms in total. The van der Waals surface area contributed by atoms with Crippen LogP contribution in [0.5, 0.6) is 0 Å². The van der Waals surface area contributed by atoms with Gasteiger partial charge in [0.2, 0.25) is 0 Å². The molecule has 0 aromatic heterocycles. The molecule has 2 rings (SSSR count). The summed E-state index contributed by atoms with van der Waals surface area (Å²) < 4.78 is 0. The average molecular weight is 233 g/mol. The van der Waals surface area contributed by atoms with Crippen molar-refractivity contribution >= 4 is 0 Å². The lowest BCUT2D eigenvalue weighted by Crippen LogP contribution is -2.17. The van der Waals surface area contributed by atoms with Gasteiger partial charge in [-0.2, -0.15) is 0 Å². The van der Waals surface area contributed by atoms with Crippen molar-refractivity contribution in [3.63, 3.8) is 0 Å². The minimum Gasteiger partial charge on any atom is -0.393 e. The quantitative estimate of drug-likeness (QED) is 0.866. The van der Waals surface area contributed by atoms with E-state index in [0.717, 1.165) is 19.4 Å². The highest BCUT2D eigenvalue weighted by atomic mass is 16.3. The average Bonchev–Trinajstić information content (AvgIpc) is 2.47. The van der Waals surface area contributed by atoms with Gasteiger partial charge in [0.05, 0.1) is 6.10 Å². The number of rotatable bonds is 3. The van der Waals surface area contributed by atoms with E-state index in [-0.39, 0.29) is 6.10 Å². The summed E-state index contributed by atoms with van der Waals surface area (Å²) in [6, 6.07) is 6.64. The number of hydrogen-bond donors (Lipinski definition) is 1. The summed E-state index contributed by atoms with van der Waals surface area (Å²) in [4.78, 5) is 2.39. The molecule has 0 spiro atoms. The Hall–Kier alpha value is -0.860. The lowest BCUT2D eigenvalue weighted by Gasteiger charge is -2.15. The van der Waals surface area contributed by atoms with Crippen LogP contribution < -0.4 is 0 Å². The molecule has 1 atom stereocenters. The Morgan fingerprint density at radius 2 is 2.24 bits per heavy atom. The van der Waals surface area contributed by atoms with E-state index < -0.39 is 0 Å². The number of nitrogens with zero attached hydrogens (tertiary/aromatic N) is 1. The Morgan fingerprint density at radius 1 is 1.41 bits per heavy atom. The number of aryl methyl sites for hydroxylation is 1. The molecule has 1 unspecified atom stereocenters. The smallest absolute Gasteiger partial charge is 0.0515 e. The van der Waals surface area contributed by atoms with Gasteiger partial charge in [-0.15, -0.1) is 0 Å². The predicted molar refractivity (Wildman–Crippen MR) is 71.1 cm³/mol. The van der Waals surface area contributed by atoms with Gasteiger partial charge in [0.1, 0.15) is 0 Å². The molecular weight excluding hydrogens is 210 g/mol. The number of aliphatic hydroxyl groups is 1. The first-order valence-electron chi connectivity index (χ1n) is 6.63. The van der Waals surface area contributed by atoms with Crippen molar-refractivity contribution < 1.29 is 5.11 Å². The van der Waals surface area contributed by atoms with Crippen molar-refractivity contribution in [3.05, 3.63) is 34.9 Å². The SMILES string of the molecule is CC(O)CCc1cccc2c1CCCN(C)C2. The molecule has 1 N–H and O–H groups in total. The summed E-state index contributed by atoms with van der Waals surface area (Å²) in [7, 11) is 2.19. The fourth-order valence-electron chi connectivity index (χ4n) is 2.65. The topological polar surface area (TPSA) is 23.5 Å². The molecule has 1 aromatic carbocycles. The van der Waals surface area contributed by atoms with Gasteiger partial charge in [-0.05, 0) is 62.9 Å².